The van der Waals surface area contributed by atoms with E-state index in [-0.39, 0.29) is 0 Å². The van der Waals surface area contributed by atoms with Crippen molar-refractivity contribution in [2.24, 2.45) is 7.05 Å². The third-order valence-corrected chi connectivity index (χ3v) is 2.09. The molecule has 14 heavy (non-hydrogen) atoms. The minimum atomic E-state index is 0.933. The number of rotatable bonds is 1. The Hall–Kier alpha value is -1.71. The molecule has 0 saturated heterocycles. The highest BCUT2D eigenvalue weighted by Crippen LogP contribution is 2.19. The molecule has 4 heteroatoms. The second-order valence-electron chi connectivity index (χ2n) is 3.35. The second-order valence-corrected chi connectivity index (χ2v) is 3.35. The van der Waals surface area contributed by atoms with Gasteiger partial charge in [-0.3, -0.25) is 4.68 Å². The van der Waals surface area contributed by atoms with Gasteiger partial charge in [0.25, 0.3) is 0 Å². The van der Waals surface area contributed by atoms with Crippen LogP contribution in [0.3, 0.4) is 0 Å². The second kappa shape index (κ2) is 3.21. The van der Waals surface area contributed by atoms with E-state index in [9.17, 15) is 0 Å². The summed E-state index contributed by atoms with van der Waals surface area (Å²) in [7, 11) is 1.91. The summed E-state index contributed by atoms with van der Waals surface area (Å²) in [6.07, 6.45) is 3.55. The van der Waals surface area contributed by atoms with Crippen LogP contribution in [0.5, 0.6) is 0 Å². The molecule has 0 saturated carbocycles. The summed E-state index contributed by atoms with van der Waals surface area (Å²) in [5.74, 6) is 0. The smallest absolute Gasteiger partial charge is 0.116 e. The maximum atomic E-state index is 4.27. The third-order valence-electron chi connectivity index (χ3n) is 2.09. The topological polar surface area (TPSA) is 43.6 Å². The fraction of sp³-hybridized carbons (Fsp3) is 0.300. The van der Waals surface area contributed by atoms with E-state index < -0.39 is 0 Å². The Bertz CT molecular complexity index is 459. The molecule has 0 bridgehead atoms. The van der Waals surface area contributed by atoms with Crippen molar-refractivity contribution in [3.05, 3.63) is 30.0 Å². The van der Waals surface area contributed by atoms with Gasteiger partial charge in [0.15, 0.2) is 0 Å². The Kier molecular flexibility index (Phi) is 2.04. The predicted octanol–water partition coefficient (Wildman–Crippen LogP) is 1.49. The van der Waals surface area contributed by atoms with Gasteiger partial charge in [0.05, 0.1) is 11.4 Å². The molecule has 0 spiro atoms. The van der Waals surface area contributed by atoms with Crippen LogP contribution in [-0.2, 0) is 7.05 Å². The molecule has 0 radical (unpaired) electrons. The Morgan fingerprint density at radius 1 is 1.21 bits per heavy atom. The van der Waals surface area contributed by atoms with Crippen LogP contribution in [0.1, 0.15) is 11.4 Å². The van der Waals surface area contributed by atoms with E-state index in [2.05, 4.69) is 15.1 Å². The maximum Gasteiger partial charge on any atom is 0.116 e. The van der Waals surface area contributed by atoms with E-state index in [4.69, 9.17) is 0 Å². The molecule has 4 nitrogen and oxygen atoms in total. The van der Waals surface area contributed by atoms with Crippen LogP contribution in [0.4, 0.5) is 0 Å². The van der Waals surface area contributed by atoms with Crippen LogP contribution in [0.25, 0.3) is 11.3 Å². The summed E-state index contributed by atoms with van der Waals surface area (Å²) >= 11 is 0. The molecule has 0 unspecified atom stereocenters. The van der Waals surface area contributed by atoms with Gasteiger partial charge in [0, 0.05) is 24.5 Å². The summed E-state index contributed by atoms with van der Waals surface area (Å²) in [5, 5.41) is 4.27. The first kappa shape index (κ1) is 8.87. The highest BCUT2D eigenvalue weighted by molar-refractivity contribution is 5.60. The van der Waals surface area contributed by atoms with Gasteiger partial charge in [-0.15, -0.1) is 0 Å². The van der Waals surface area contributed by atoms with Crippen LogP contribution >= 0.6 is 0 Å². The van der Waals surface area contributed by atoms with Gasteiger partial charge in [-0.25, -0.2) is 9.97 Å². The van der Waals surface area contributed by atoms with Crippen LogP contribution in [0.2, 0.25) is 0 Å². The minimum absolute atomic E-state index is 0.933. The first-order valence-corrected chi connectivity index (χ1v) is 4.46. The van der Waals surface area contributed by atoms with E-state index in [1.807, 2.05) is 33.2 Å². The van der Waals surface area contributed by atoms with Crippen LogP contribution in [-0.4, -0.2) is 19.7 Å². The average Bonchev–Trinajstić information content (AvgIpc) is 2.45. The van der Waals surface area contributed by atoms with E-state index >= 15 is 0 Å². The van der Waals surface area contributed by atoms with Gasteiger partial charge < -0.3 is 0 Å². The normalized spacial score (nSPS) is 10.5. The zero-order valence-electron chi connectivity index (χ0n) is 8.52. The van der Waals surface area contributed by atoms with Crippen molar-refractivity contribution >= 4 is 0 Å². The van der Waals surface area contributed by atoms with Gasteiger partial charge in [-0.05, 0) is 19.9 Å². The molecule has 0 N–H and O–H groups in total. The Labute approximate surface area is 82.6 Å². The van der Waals surface area contributed by atoms with Gasteiger partial charge in [-0.1, -0.05) is 0 Å². The van der Waals surface area contributed by atoms with Crippen molar-refractivity contribution in [2.45, 2.75) is 13.8 Å². The van der Waals surface area contributed by atoms with E-state index in [1.165, 1.54) is 0 Å². The molecule has 72 valence electrons. The lowest BCUT2D eigenvalue weighted by Gasteiger charge is -1.97. The SMILES string of the molecule is Cc1cc(-c2cn(C)nc2C)ncn1. The molecule has 0 aliphatic rings. The number of nitrogens with zero attached hydrogens (tertiary/aromatic N) is 4. The summed E-state index contributed by atoms with van der Waals surface area (Å²) in [5.41, 5.74) is 3.96. The lowest BCUT2D eigenvalue weighted by Crippen LogP contribution is -1.87. The Morgan fingerprint density at radius 3 is 2.57 bits per heavy atom. The van der Waals surface area contributed by atoms with Crippen LogP contribution < -0.4 is 0 Å². The summed E-state index contributed by atoms with van der Waals surface area (Å²) in [4.78, 5) is 8.28. The lowest BCUT2D eigenvalue weighted by molar-refractivity contribution is 0.756. The van der Waals surface area contributed by atoms with Gasteiger partial charge >= 0.3 is 0 Å². The van der Waals surface area contributed by atoms with Crippen LogP contribution in [0, 0.1) is 13.8 Å². The molecular weight excluding hydrogens is 176 g/mol. The van der Waals surface area contributed by atoms with Crippen molar-refractivity contribution in [1.82, 2.24) is 19.7 Å². The first-order chi connectivity index (χ1) is 6.66. The lowest BCUT2D eigenvalue weighted by atomic mass is 10.2. The third kappa shape index (κ3) is 1.51. The highest BCUT2D eigenvalue weighted by atomic mass is 15.2. The molecular formula is C10H12N4. The average molecular weight is 188 g/mol. The largest absolute Gasteiger partial charge is 0.275 e. The molecule has 0 aliphatic heterocycles. The zero-order chi connectivity index (χ0) is 10.1. The number of aryl methyl sites for hydroxylation is 3. The molecule has 0 aliphatic carbocycles. The number of aromatic nitrogens is 4. The summed E-state index contributed by atoms with van der Waals surface area (Å²) in [6.45, 7) is 3.93. The standard InChI is InChI=1S/C10H12N4/c1-7-4-10(12-6-11-7)9-5-14(3)13-8(9)2/h4-6H,1-3H3. The molecule has 2 aromatic heterocycles. The summed E-state index contributed by atoms with van der Waals surface area (Å²) < 4.78 is 1.79. The predicted molar refractivity (Wildman–Crippen MR) is 53.7 cm³/mol. The molecule has 0 aromatic carbocycles. The van der Waals surface area contributed by atoms with Gasteiger partial charge in [0.2, 0.25) is 0 Å². The van der Waals surface area contributed by atoms with E-state index in [0.717, 1.165) is 22.6 Å². The fourth-order valence-corrected chi connectivity index (χ4v) is 1.45. The number of hydrogen-bond donors (Lipinski definition) is 0. The fourth-order valence-electron chi connectivity index (χ4n) is 1.45. The van der Waals surface area contributed by atoms with Gasteiger partial charge in [0.1, 0.15) is 6.33 Å². The van der Waals surface area contributed by atoms with Crippen molar-refractivity contribution < 1.29 is 0 Å². The first-order valence-electron chi connectivity index (χ1n) is 4.46. The zero-order valence-corrected chi connectivity index (χ0v) is 8.52. The van der Waals surface area contributed by atoms with Crippen LogP contribution in [0.15, 0.2) is 18.6 Å². The molecule has 0 amide bonds. The van der Waals surface area contributed by atoms with Gasteiger partial charge in [-0.2, -0.15) is 5.10 Å². The quantitative estimate of drug-likeness (QED) is 0.681. The minimum Gasteiger partial charge on any atom is -0.275 e. The number of hydrogen-bond acceptors (Lipinski definition) is 3. The van der Waals surface area contributed by atoms with Crippen molar-refractivity contribution in [3.8, 4) is 11.3 Å². The molecule has 2 heterocycles. The Morgan fingerprint density at radius 2 is 2.00 bits per heavy atom. The molecule has 0 atom stereocenters. The molecule has 2 rings (SSSR count). The molecule has 2 aromatic rings. The van der Waals surface area contributed by atoms with Crippen molar-refractivity contribution in [3.63, 3.8) is 0 Å². The van der Waals surface area contributed by atoms with E-state index in [1.54, 1.807) is 11.0 Å². The van der Waals surface area contributed by atoms with Crippen molar-refractivity contribution in [2.75, 3.05) is 0 Å². The van der Waals surface area contributed by atoms with E-state index in [0.29, 0.717) is 0 Å². The monoisotopic (exact) mass is 188 g/mol. The Balaban J connectivity index is 2.54. The summed E-state index contributed by atoms with van der Waals surface area (Å²) in [6, 6.07) is 1.96. The molecule has 0 fully saturated rings. The van der Waals surface area contributed by atoms with Crippen molar-refractivity contribution in [1.29, 1.82) is 0 Å². The maximum absolute atomic E-state index is 4.27. The highest BCUT2D eigenvalue weighted by Gasteiger charge is 2.06.